The number of halogens is 3. The summed E-state index contributed by atoms with van der Waals surface area (Å²) in [6.45, 7) is 1.54. The summed E-state index contributed by atoms with van der Waals surface area (Å²) in [5, 5.41) is 11.6. The standard InChI is InChI=1S/C13H11F3N2O/c1-8(18-2)11(7-17)12(19)9-3-5-10(6-4-9)13(14,15)16/h3-6,18H,1-2H3/b11-8+. The van der Waals surface area contributed by atoms with Gasteiger partial charge in [0.15, 0.2) is 0 Å². The Morgan fingerprint density at radius 3 is 2.16 bits per heavy atom. The molecule has 0 aliphatic heterocycles. The Kier molecular flexibility index (Phi) is 4.33. The van der Waals surface area contributed by atoms with Gasteiger partial charge in [-0.25, -0.2) is 0 Å². The van der Waals surface area contributed by atoms with E-state index in [4.69, 9.17) is 5.26 Å². The van der Waals surface area contributed by atoms with Gasteiger partial charge in [-0.3, -0.25) is 4.79 Å². The lowest BCUT2D eigenvalue weighted by Gasteiger charge is -2.08. The fourth-order valence-corrected chi connectivity index (χ4v) is 1.38. The van der Waals surface area contributed by atoms with Crippen LogP contribution in [0.2, 0.25) is 0 Å². The summed E-state index contributed by atoms with van der Waals surface area (Å²) in [5.41, 5.74) is -0.550. The molecule has 0 aromatic heterocycles. The number of nitrogens with zero attached hydrogens (tertiary/aromatic N) is 1. The molecule has 0 amide bonds. The van der Waals surface area contributed by atoms with Gasteiger partial charge in [-0.15, -0.1) is 0 Å². The van der Waals surface area contributed by atoms with Crippen LogP contribution in [0.1, 0.15) is 22.8 Å². The summed E-state index contributed by atoms with van der Waals surface area (Å²) >= 11 is 0. The van der Waals surface area contributed by atoms with Crippen molar-refractivity contribution in [2.75, 3.05) is 7.05 Å². The topological polar surface area (TPSA) is 52.9 Å². The van der Waals surface area contributed by atoms with E-state index in [9.17, 15) is 18.0 Å². The highest BCUT2D eigenvalue weighted by Gasteiger charge is 2.30. The number of alkyl halides is 3. The zero-order valence-corrected chi connectivity index (χ0v) is 10.3. The van der Waals surface area contributed by atoms with Crippen molar-refractivity contribution in [3.05, 3.63) is 46.7 Å². The second-order valence-electron chi connectivity index (χ2n) is 3.77. The Balaban J connectivity index is 3.13. The Bertz CT molecular complexity index is 551. The first-order valence-corrected chi connectivity index (χ1v) is 5.32. The van der Waals surface area contributed by atoms with Crippen LogP contribution in [-0.2, 0) is 6.18 Å². The van der Waals surface area contributed by atoms with Gasteiger partial charge in [-0.05, 0) is 19.1 Å². The highest BCUT2D eigenvalue weighted by Crippen LogP contribution is 2.29. The summed E-state index contributed by atoms with van der Waals surface area (Å²) in [7, 11) is 1.55. The van der Waals surface area contributed by atoms with Crippen LogP contribution in [0, 0.1) is 11.3 Å². The fraction of sp³-hybridized carbons (Fsp3) is 0.231. The number of allylic oxidation sites excluding steroid dienone is 2. The van der Waals surface area contributed by atoms with Crippen molar-refractivity contribution < 1.29 is 18.0 Å². The van der Waals surface area contributed by atoms with Crippen LogP contribution >= 0.6 is 0 Å². The number of hydrogen-bond acceptors (Lipinski definition) is 3. The van der Waals surface area contributed by atoms with Crippen LogP contribution in [0.3, 0.4) is 0 Å². The zero-order chi connectivity index (χ0) is 14.6. The predicted molar refractivity (Wildman–Crippen MR) is 63.1 cm³/mol. The highest BCUT2D eigenvalue weighted by molar-refractivity contribution is 6.11. The first-order valence-electron chi connectivity index (χ1n) is 5.32. The van der Waals surface area contributed by atoms with Gasteiger partial charge < -0.3 is 5.32 Å². The van der Waals surface area contributed by atoms with E-state index in [-0.39, 0.29) is 11.1 Å². The smallest absolute Gasteiger partial charge is 0.390 e. The molecule has 0 atom stereocenters. The van der Waals surface area contributed by atoms with Crippen molar-refractivity contribution in [3.63, 3.8) is 0 Å². The Hall–Kier alpha value is -2.29. The molecule has 0 aliphatic rings. The average Bonchev–Trinajstić information content (AvgIpc) is 2.38. The van der Waals surface area contributed by atoms with E-state index >= 15 is 0 Å². The molecule has 100 valence electrons. The molecule has 0 saturated heterocycles. The molecule has 0 saturated carbocycles. The van der Waals surface area contributed by atoms with Crippen LogP contribution in [0.5, 0.6) is 0 Å². The molecule has 1 aromatic rings. The van der Waals surface area contributed by atoms with Gasteiger partial charge in [-0.1, -0.05) is 12.1 Å². The third kappa shape index (κ3) is 3.35. The normalized spacial score (nSPS) is 12.4. The predicted octanol–water partition coefficient (Wildman–Crippen LogP) is 2.91. The second kappa shape index (κ2) is 5.57. The summed E-state index contributed by atoms with van der Waals surface area (Å²) < 4.78 is 37.1. The minimum Gasteiger partial charge on any atom is -0.390 e. The van der Waals surface area contributed by atoms with Crippen LogP contribution in [0.15, 0.2) is 35.5 Å². The van der Waals surface area contributed by atoms with Gasteiger partial charge in [0, 0.05) is 18.3 Å². The maximum absolute atomic E-state index is 12.4. The molecule has 3 nitrogen and oxygen atoms in total. The monoisotopic (exact) mass is 268 g/mol. The summed E-state index contributed by atoms with van der Waals surface area (Å²) in [4.78, 5) is 11.9. The maximum Gasteiger partial charge on any atom is 0.416 e. The molecule has 1 N–H and O–H groups in total. The Labute approximate surface area is 108 Å². The van der Waals surface area contributed by atoms with E-state index in [0.717, 1.165) is 24.3 Å². The number of carbonyl (C=O) groups is 1. The van der Waals surface area contributed by atoms with Gasteiger partial charge in [-0.2, -0.15) is 18.4 Å². The number of Topliss-reactive ketones (excluding diaryl/α,β-unsaturated/α-hetero) is 1. The quantitative estimate of drug-likeness (QED) is 0.521. The molecule has 0 radical (unpaired) electrons. The fourth-order valence-electron chi connectivity index (χ4n) is 1.38. The van der Waals surface area contributed by atoms with E-state index in [1.54, 1.807) is 20.0 Å². The lowest BCUT2D eigenvalue weighted by Crippen LogP contribution is -2.12. The highest BCUT2D eigenvalue weighted by atomic mass is 19.4. The third-order valence-electron chi connectivity index (χ3n) is 2.56. The molecule has 0 spiro atoms. The number of benzene rings is 1. The van der Waals surface area contributed by atoms with Crippen molar-refractivity contribution in [2.24, 2.45) is 0 Å². The molecular weight excluding hydrogens is 257 g/mol. The van der Waals surface area contributed by atoms with Crippen LogP contribution in [0.25, 0.3) is 0 Å². The second-order valence-corrected chi connectivity index (χ2v) is 3.77. The molecule has 0 fully saturated rings. The lowest BCUT2D eigenvalue weighted by molar-refractivity contribution is -0.137. The molecule has 0 unspecified atom stereocenters. The molecule has 19 heavy (non-hydrogen) atoms. The summed E-state index contributed by atoms with van der Waals surface area (Å²) in [6, 6.07) is 5.50. The van der Waals surface area contributed by atoms with Crippen LogP contribution in [-0.4, -0.2) is 12.8 Å². The number of ketones is 1. The van der Waals surface area contributed by atoms with Crippen molar-refractivity contribution in [2.45, 2.75) is 13.1 Å². The number of carbonyl (C=O) groups excluding carboxylic acids is 1. The molecular formula is C13H11F3N2O. The van der Waals surface area contributed by atoms with Crippen molar-refractivity contribution in [1.29, 1.82) is 5.26 Å². The molecule has 1 aromatic carbocycles. The summed E-state index contributed by atoms with van der Waals surface area (Å²) in [6.07, 6.45) is -4.45. The lowest BCUT2D eigenvalue weighted by atomic mass is 10.0. The third-order valence-corrected chi connectivity index (χ3v) is 2.56. The van der Waals surface area contributed by atoms with E-state index in [1.807, 2.05) is 0 Å². The van der Waals surface area contributed by atoms with E-state index < -0.39 is 17.5 Å². The average molecular weight is 268 g/mol. The summed E-state index contributed by atoms with van der Waals surface area (Å²) in [5.74, 6) is -0.608. The van der Waals surface area contributed by atoms with Gasteiger partial charge in [0.2, 0.25) is 5.78 Å². The largest absolute Gasteiger partial charge is 0.416 e. The van der Waals surface area contributed by atoms with Gasteiger partial charge in [0.1, 0.15) is 11.6 Å². The van der Waals surface area contributed by atoms with E-state index in [2.05, 4.69) is 5.32 Å². The van der Waals surface area contributed by atoms with E-state index in [0.29, 0.717) is 5.70 Å². The Morgan fingerprint density at radius 1 is 1.26 bits per heavy atom. The minimum atomic E-state index is -4.45. The van der Waals surface area contributed by atoms with Gasteiger partial charge in [0.25, 0.3) is 0 Å². The number of nitriles is 1. The molecule has 0 aliphatic carbocycles. The van der Waals surface area contributed by atoms with Gasteiger partial charge >= 0.3 is 6.18 Å². The number of rotatable bonds is 3. The maximum atomic E-state index is 12.4. The SMILES string of the molecule is CN/C(C)=C(\C#N)C(=O)c1ccc(C(F)(F)F)cc1. The van der Waals surface area contributed by atoms with E-state index in [1.165, 1.54) is 0 Å². The van der Waals surface area contributed by atoms with Gasteiger partial charge in [0.05, 0.1) is 5.56 Å². The first-order chi connectivity index (χ1) is 8.81. The van der Waals surface area contributed by atoms with Crippen molar-refractivity contribution in [1.82, 2.24) is 5.32 Å². The van der Waals surface area contributed by atoms with Crippen molar-refractivity contribution in [3.8, 4) is 6.07 Å². The molecule has 6 heteroatoms. The Morgan fingerprint density at radius 2 is 1.79 bits per heavy atom. The molecule has 0 bridgehead atoms. The number of hydrogen-bond donors (Lipinski definition) is 1. The van der Waals surface area contributed by atoms with Crippen LogP contribution < -0.4 is 5.32 Å². The number of nitrogens with one attached hydrogen (secondary N) is 1. The minimum absolute atomic E-state index is 0.0409. The van der Waals surface area contributed by atoms with Crippen molar-refractivity contribution >= 4 is 5.78 Å². The molecule has 1 rings (SSSR count). The van der Waals surface area contributed by atoms with Crippen LogP contribution in [0.4, 0.5) is 13.2 Å². The first kappa shape index (κ1) is 14.8. The zero-order valence-electron chi connectivity index (χ0n) is 10.3. The molecule has 0 heterocycles.